The number of nitrogens with two attached hydrogens (primary N) is 1. The number of halogens is 4. The molecule has 2 aromatic rings. The lowest BCUT2D eigenvalue weighted by Gasteiger charge is -2.15. The van der Waals surface area contributed by atoms with Crippen LogP contribution in [0, 0.1) is 0 Å². The molecule has 0 fully saturated rings. The molecule has 0 atom stereocenters. The van der Waals surface area contributed by atoms with Crippen molar-refractivity contribution in [1.82, 2.24) is 9.78 Å². The molecule has 0 unspecified atom stereocenters. The highest BCUT2D eigenvalue weighted by atomic mass is 79.9. The van der Waals surface area contributed by atoms with Crippen LogP contribution in [0.15, 0.2) is 39.7 Å². The molecule has 2 N–H and O–H groups in total. The number of alkyl halides is 3. The van der Waals surface area contributed by atoms with Gasteiger partial charge < -0.3 is 5.01 Å². The van der Waals surface area contributed by atoms with Gasteiger partial charge in [-0.2, -0.15) is 23.0 Å². The summed E-state index contributed by atoms with van der Waals surface area (Å²) in [6.45, 7) is 0. The Labute approximate surface area is 125 Å². The Hall–Kier alpha value is -1.87. The zero-order chi connectivity index (χ0) is 15.8. The molecule has 0 aliphatic heterocycles. The highest BCUT2D eigenvalue weighted by molar-refractivity contribution is 9.10. The fourth-order valence-electron chi connectivity index (χ4n) is 1.67. The van der Waals surface area contributed by atoms with E-state index in [0.29, 0.717) is 5.69 Å². The van der Waals surface area contributed by atoms with Crippen LogP contribution in [0.2, 0.25) is 0 Å². The van der Waals surface area contributed by atoms with Crippen LogP contribution in [0.25, 0.3) is 5.69 Å². The average molecular weight is 363 g/mol. The van der Waals surface area contributed by atoms with Gasteiger partial charge >= 0.3 is 6.18 Å². The highest BCUT2D eigenvalue weighted by Crippen LogP contribution is 2.30. The van der Waals surface area contributed by atoms with Gasteiger partial charge in [0.05, 0.1) is 23.1 Å². The van der Waals surface area contributed by atoms with Crippen LogP contribution in [0.3, 0.4) is 0 Å². The van der Waals surface area contributed by atoms with Gasteiger partial charge in [-0.25, -0.2) is 5.84 Å². The number of hydrogen-bond donors (Lipinski definition) is 1. The summed E-state index contributed by atoms with van der Waals surface area (Å²) >= 11 is 3.07. The lowest BCUT2D eigenvalue weighted by Crippen LogP contribution is -2.30. The van der Waals surface area contributed by atoms with Crippen LogP contribution in [0.5, 0.6) is 0 Å². The molecule has 1 heterocycles. The summed E-state index contributed by atoms with van der Waals surface area (Å²) < 4.78 is 39.1. The second-order valence-corrected chi connectivity index (χ2v) is 5.01. The molecule has 0 saturated carbocycles. The van der Waals surface area contributed by atoms with Crippen LogP contribution < -0.4 is 16.4 Å². The van der Waals surface area contributed by atoms with Crippen molar-refractivity contribution in [3.05, 3.63) is 50.9 Å². The molecule has 112 valence electrons. The third-order valence-corrected chi connectivity index (χ3v) is 3.44. The molecule has 0 aliphatic rings. The van der Waals surface area contributed by atoms with Crippen LogP contribution in [-0.2, 0) is 6.18 Å². The molecule has 1 aromatic carbocycles. The summed E-state index contributed by atoms with van der Waals surface area (Å²) in [7, 11) is 1.51. The third-order valence-electron chi connectivity index (χ3n) is 2.70. The van der Waals surface area contributed by atoms with E-state index >= 15 is 0 Å². The average Bonchev–Trinajstić information content (AvgIpc) is 2.40. The normalized spacial score (nSPS) is 11.5. The van der Waals surface area contributed by atoms with E-state index in [1.54, 1.807) is 0 Å². The summed E-state index contributed by atoms with van der Waals surface area (Å²) in [4.78, 5) is 12.1. The van der Waals surface area contributed by atoms with Gasteiger partial charge in [0.2, 0.25) is 0 Å². The first-order valence-corrected chi connectivity index (χ1v) is 6.45. The van der Waals surface area contributed by atoms with E-state index in [9.17, 15) is 18.0 Å². The maximum absolute atomic E-state index is 12.7. The zero-order valence-electron chi connectivity index (χ0n) is 10.7. The Kier molecular flexibility index (Phi) is 4.06. The Morgan fingerprint density at radius 2 is 2.05 bits per heavy atom. The topological polar surface area (TPSA) is 64.2 Å². The molecule has 1 aromatic heterocycles. The number of benzene rings is 1. The molecule has 0 bridgehead atoms. The van der Waals surface area contributed by atoms with Gasteiger partial charge in [0.15, 0.2) is 0 Å². The standard InChI is InChI=1S/C12H10BrF3N4O/c1-19(17)9-6-18-20(11(21)10(9)13)8-4-2-3-7(5-8)12(14,15)16/h2-6H,17H2,1H3. The Bertz CT molecular complexity index is 727. The van der Waals surface area contributed by atoms with E-state index in [0.717, 1.165) is 16.8 Å². The van der Waals surface area contributed by atoms with Crippen LogP contribution in [0.1, 0.15) is 5.56 Å². The van der Waals surface area contributed by atoms with Crippen molar-refractivity contribution >= 4 is 21.6 Å². The molecular weight excluding hydrogens is 353 g/mol. The van der Waals surface area contributed by atoms with Crippen LogP contribution in [0.4, 0.5) is 18.9 Å². The minimum atomic E-state index is -4.49. The van der Waals surface area contributed by atoms with Crippen molar-refractivity contribution < 1.29 is 13.2 Å². The van der Waals surface area contributed by atoms with Crippen molar-refractivity contribution in [2.45, 2.75) is 6.18 Å². The van der Waals surface area contributed by atoms with Gasteiger partial charge in [-0.1, -0.05) is 6.07 Å². The largest absolute Gasteiger partial charge is 0.416 e. The SMILES string of the molecule is CN(N)c1cnn(-c2cccc(C(F)(F)F)c2)c(=O)c1Br. The van der Waals surface area contributed by atoms with Crippen molar-refractivity contribution in [3.63, 3.8) is 0 Å². The third kappa shape index (κ3) is 3.08. The van der Waals surface area contributed by atoms with Gasteiger partial charge in [0.25, 0.3) is 5.56 Å². The van der Waals surface area contributed by atoms with E-state index in [-0.39, 0.29) is 10.2 Å². The number of hydrazine groups is 1. The first-order valence-electron chi connectivity index (χ1n) is 5.65. The number of aromatic nitrogens is 2. The first kappa shape index (κ1) is 15.5. The fourth-order valence-corrected chi connectivity index (χ4v) is 2.22. The highest BCUT2D eigenvalue weighted by Gasteiger charge is 2.30. The van der Waals surface area contributed by atoms with Gasteiger partial charge in [-0.15, -0.1) is 0 Å². The summed E-state index contributed by atoms with van der Waals surface area (Å²) in [5, 5.41) is 5.01. The molecule has 5 nitrogen and oxygen atoms in total. The molecule has 0 radical (unpaired) electrons. The number of anilines is 1. The van der Waals surface area contributed by atoms with Crippen LogP contribution in [-0.4, -0.2) is 16.8 Å². The maximum Gasteiger partial charge on any atom is 0.416 e. The van der Waals surface area contributed by atoms with Crippen LogP contribution >= 0.6 is 15.9 Å². The van der Waals surface area contributed by atoms with Gasteiger partial charge in [0.1, 0.15) is 4.47 Å². The fraction of sp³-hybridized carbons (Fsp3) is 0.167. The molecule has 0 spiro atoms. The molecule has 9 heteroatoms. The molecule has 0 aliphatic carbocycles. The summed E-state index contributed by atoms with van der Waals surface area (Å²) in [6, 6.07) is 4.35. The smallest absolute Gasteiger partial charge is 0.311 e. The zero-order valence-corrected chi connectivity index (χ0v) is 12.3. The van der Waals surface area contributed by atoms with E-state index < -0.39 is 17.3 Å². The summed E-state index contributed by atoms with van der Waals surface area (Å²) in [5.74, 6) is 5.52. The van der Waals surface area contributed by atoms with Gasteiger partial charge in [0, 0.05) is 7.05 Å². The second-order valence-electron chi connectivity index (χ2n) is 4.22. The van der Waals surface area contributed by atoms with E-state index in [1.165, 1.54) is 30.4 Å². The number of hydrogen-bond acceptors (Lipinski definition) is 4. The van der Waals surface area contributed by atoms with E-state index in [4.69, 9.17) is 5.84 Å². The van der Waals surface area contributed by atoms with Crippen molar-refractivity contribution in [3.8, 4) is 5.69 Å². The van der Waals surface area contributed by atoms with Crippen molar-refractivity contribution in [1.29, 1.82) is 0 Å². The Morgan fingerprint density at radius 3 is 2.62 bits per heavy atom. The van der Waals surface area contributed by atoms with E-state index in [2.05, 4.69) is 21.0 Å². The predicted molar refractivity (Wildman–Crippen MR) is 75.1 cm³/mol. The first-order chi connectivity index (χ1) is 9.71. The van der Waals surface area contributed by atoms with Gasteiger partial charge in [-0.3, -0.25) is 4.79 Å². The Morgan fingerprint density at radius 1 is 1.38 bits per heavy atom. The monoisotopic (exact) mass is 362 g/mol. The summed E-state index contributed by atoms with van der Waals surface area (Å²) in [6.07, 6.45) is -3.21. The summed E-state index contributed by atoms with van der Waals surface area (Å²) in [5.41, 5.74) is -1.13. The predicted octanol–water partition coefficient (Wildman–Crippen LogP) is 2.32. The maximum atomic E-state index is 12.7. The van der Waals surface area contributed by atoms with Gasteiger partial charge in [-0.05, 0) is 34.1 Å². The molecule has 21 heavy (non-hydrogen) atoms. The minimum Gasteiger partial charge on any atom is -0.311 e. The second kappa shape index (κ2) is 5.49. The molecular formula is C12H10BrF3N4O. The molecule has 0 amide bonds. The number of nitrogens with zero attached hydrogens (tertiary/aromatic N) is 3. The lowest BCUT2D eigenvalue weighted by molar-refractivity contribution is -0.137. The Balaban J connectivity index is 2.59. The lowest BCUT2D eigenvalue weighted by atomic mass is 10.2. The minimum absolute atomic E-state index is 0.0155. The molecule has 0 saturated heterocycles. The number of rotatable bonds is 2. The van der Waals surface area contributed by atoms with Crippen molar-refractivity contribution in [2.24, 2.45) is 5.84 Å². The van der Waals surface area contributed by atoms with E-state index in [1.807, 2.05) is 0 Å². The van der Waals surface area contributed by atoms with Crippen molar-refractivity contribution in [2.75, 3.05) is 12.1 Å². The molecule has 2 rings (SSSR count). The quantitative estimate of drug-likeness (QED) is 0.657.